The van der Waals surface area contributed by atoms with E-state index in [0.717, 1.165) is 5.56 Å². The first-order valence-electron chi connectivity index (χ1n) is 8.95. The zero-order chi connectivity index (χ0) is 20.4. The predicted octanol–water partition coefficient (Wildman–Crippen LogP) is 3.46. The minimum absolute atomic E-state index is 0.00700. The van der Waals surface area contributed by atoms with Gasteiger partial charge in [-0.05, 0) is 68.7 Å². The van der Waals surface area contributed by atoms with E-state index in [1.165, 1.54) is 0 Å². The molecule has 27 heavy (non-hydrogen) atoms. The maximum absolute atomic E-state index is 12.6. The molecule has 0 saturated heterocycles. The normalized spacial score (nSPS) is 13.3. The molecule has 0 fully saturated rings. The van der Waals surface area contributed by atoms with Crippen LogP contribution in [0.25, 0.3) is 0 Å². The molecule has 146 valence electrons. The van der Waals surface area contributed by atoms with E-state index in [1.807, 2.05) is 6.92 Å². The van der Waals surface area contributed by atoms with Gasteiger partial charge < -0.3 is 20.1 Å². The summed E-state index contributed by atoms with van der Waals surface area (Å²) in [5.74, 6) is -0.186. The molecule has 0 aliphatic heterocycles. The Balaban J connectivity index is 2.32. The molecule has 0 heterocycles. The van der Waals surface area contributed by atoms with Crippen LogP contribution >= 0.6 is 0 Å². The lowest BCUT2D eigenvalue weighted by molar-refractivity contribution is 0.0698. The van der Waals surface area contributed by atoms with E-state index in [9.17, 15) is 20.1 Å². The predicted molar refractivity (Wildman–Crippen MR) is 104 cm³/mol. The van der Waals surface area contributed by atoms with Crippen molar-refractivity contribution in [2.24, 2.45) is 0 Å². The van der Waals surface area contributed by atoms with E-state index in [4.69, 9.17) is 4.74 Å². The number of carbonyl (C=O) groups is 1. The quantitative estimate of drug-likeness (QED) is 0.534. The first-order chi connectivity index (χ1) is 12.4. The summed E-state index contributed by atoms with van der Waals surface area (Å²) in [4.78, 5) is 12.6. The van der Waals surface area contributed by atoms with Gasteiger partial charge in [0, 0.05) is 12.5 Å². The van der Waals surface area contributed by atoms with E-state index in [1.54, 1.807) is 70.2 Å². The van der Waals surface area contributed by atoms with Crippen LogP contribution in [-0.4, -0.2) is 27.9 Å². The van der Waals surface area contributed by atoms with Gasteiger partial charge in [0.15, 0.2) is 0 Å². The van der Waals surface area contributed by atoms with Crippen molar-refractivity contribution in [1.29, 1.82) is 0 Å². The number of ether oxygens (including phenoxy) is 1. The monoisotopic (exact) mass is 372 g/mol. The maximum Gasteiger partial charge on any atom is 0.343 e. The Morgan fingerprint density at radius 2 is 1.44 bits per heavy atom. The molecule has 0 aliphatic carbocycles. The molecular weight excluding hydrogens is 344 g/mol. The fourth-order valence-corrected chi connectivity index (χ4v) is 2.59. The largest absolute Gasteiger partial charge is 0.423 e. The summed E-state index contributed by atoms with van der Waals surface area (Å²) >= 11 is 0. The van der Waals surface area contributed by atoms with Gasteiger partial charge in [-0.25, -0.2) is 4.79 Å². The topological polar surface area (TPSA) is 87.0 Å². The second-order valence-corrected chi connectivity index (χ2v) is 7.96. The lowest BCUT2D eigenvalue weighted by Crippen LogP contribution is -2.22. The summed E-state index contributed by atoms with van der Waals surface area (Å²) in [7, 11) is 0. The van der Waals surface area contributed by atoms with Gasteiger partial charge in [0.1, 0.15) is 5.75 Å². The Bertz CT molecular complexity index is 763. The standard InChI is InChI=1S/C22H28O5/c1-14(13-23)15-6-8-19(9-7-15)27-20(24)16-10-17(21(2,3)25)12-18(11-16)22(4,5)26/h6-12,14,23,25-26H,13H2,1-5H3. The van der Waals surface area contributed by atoms with Gasteiger partial charge >= 0.3 is 5.97 Å². The summed E-state index contributed by atoms with van der Waals surface area (Å²) in [5.41, 5.74) is -0.107. The van der Waals surface area contributed by atoms with Gasteiger partial charge in [0.2, 0.25) is 0 Å². The first kappa shape index (κ1) is 21.1. The van der Waals surface area contributed by atoms with Gasteiger partial charge in [-0.1, -0.05) is 25.1 Å². The van der Waals surface area contributed by atoms with Crippen LogP contribution in [0, 0.1) is 0 Å². The first-order valence-corrected chi connectivity index (χ1v) is 8.95. The van der Waals surface area contributed by atoms with Crippen LogP contribution in [-0.2, 0) is 11.2 Å². The summed E-state index contributed by atoms with van der Waals surface area (Å²) in [5, 5.41) is 29.9. The number of hydrogen-bond donors (Lipinski definition) is 3. The van der Waals surface area contributed by atoms with E-state index >= 15 is 0 Å². The van der Waals surface area contributed by atoms with Gasteiger partial charge in [-0.15, -0.1) is 0 Å². The number of aliphatic hydroxyl groups excluding tert-OH is 1. The highest BCUT2D eigenvalue weighted by Gasteiger charge is 2.25. The Kier molecular flexibility index (Phi) is 6.10. The van der Waals surface area contributed by atoms with Crippen molar-refractivity contribution in [3.8, 4) is 5.75 Å². The van der Waals surface area contributed by atoms with Crippen molar-refractivity contribution in [3.05, 3.63) is 64.7 Å². The summed E-state index contributed by atoms with van der Waals surface area (Å²) < 4.78 is 5.44. The van der Waals surface area contributed by atoms with Crippen LogP contribution in [0.2, 0.25) is 0 Å². The molecule has 5 heteroatoms. The highest BCUT2D eigenvalue weighted by Crippen LogP contribution is 2.29. The molecule has 2 aromatic carbocycles. The number of benzene rings is 2. The molecule has 0 bridgehead atoms. The van der Waals surface area contributed by atoms with Crippen molar-refractivity contribution in [2.45, 2.75) is 51.7 Å². The number of carbonyl (C=O) groups excluding carboxylic acids is 1. The molecule has 2 rings (SSSR count). The molecule has 0 spiro atoms. The highest BCUT2D eigenvalue weighted by atomic mass is 16.5. The van der Waals surface area contributed by atoms with Crippen molar-refractivity contribution in [2.75, 3.05) is 6.61 Å². The van der Waals surface area contributed by atoms with Crippen molar-refractivity contribution >= 4 is 5.97 Å². The van der Waals surface area contributed by atoms with Gasteiger partial charge in [0.25, 0.3) is 0 Å². The summed E-state index contributed by atoms with van der Waals surface area (Å²) in [6, 6.07) is 11.8. The van der Waals surface area contributed by atoms with Crippen LogP contribution < -0.4 is 4.74 Å². The smallest absolute Gasteiger partial charge is 0.343 e. The van der Waals surface area contributed by atoms with E-state index in [0.29, 0.717) is 16.9 Å². The second kappa shape index (κ2) is 7.80. The maximum atomic E-state index is 12.6. The average Bonchev–Trinajstić information content (AvgIpc) is 2.59. The minimum Gasteiger partial charge on any atom is -0.423 e. The van der Waals surface area contributed by atoms with Crippen molar-refractivity contribution in [3.63, 3.8) is 0 Å². The molecule has 0 saturated carbocycles. The number of rotatable bonds is 6. The average molecular weight is 372 g/mol. The third-order valence-electron chi connectivity index (χ3n) is 4.52. The van der Waals surface area contributed by atoms with Crippen LogP contribution in [0.15, 0.2) is 42.5 Å². The van der Waals surface area contributed by atoms with Crippen LogP contribution in [0.4, 0.5) is 0 Å². The van der Waals surface area contributed by atoms with Gasteiger partial charge in [-0.2, -0.15) is 0 Å². The van der Waals surface area contributed by atoms with Crippen LogP contribution in [0.1, 0.15) is 67.6 Å². The molecule has 3 N–H and O–H groups in total. The fourth-order valence-electron chi connectivity index (χ4n) is 2.59. The molecular formula is C22H28O5. The van der Waals surface area contributed by atoms with Crippen molar-refractivity contribution in [1.82, 2.24) is 0 Å². The molecule has 5 nitrogen and oxygen atoms in total. The van der Waals surface area contributed by atoms with Gasteiger partial charge in [0.05, 0.1) is 16.8 Å². The summed E-state index contributed by atoms with van der Waals surface area (Å²) in [6.45, 7) is 8.42. The van der Waals surface area contributed by atoms with E-state index < -0.39 is 17.2 Å². The Labute approximate surface area is 160 Å². The zero-order valence-electron chi connectivity index (χ0n) is 16.5. The Morgan fingerprint density at radius 3 is 1.85 bits per heavy atom. The molecule has 1 unspecified atom stereocenters. The Hall–Kier alpha value is -2.21. The Morgan fingerprint density at radius 1 is 0.963 bits per heavy atom. The third kappa shape index (κ3) is 5.39. The lowest BCUT2D eigenvalue weighted by Gasteiger charge is -2.24. The van der Waals surface area contributed by atoms with Crippen LogP contribution in [0.5, 0.6) is 5.75 Å². The van der Waals surface area contributed by atoms with Crippen molar-refractivity contribution < 1.29 is 24.9 Å². The fraction of sp³-hybridized carbons (Fsp3) is 0.409. The minimum atomic E-state index is -1.17. The second-order valence-electron chi connectivity index (χ2n) is 7.96. The van der Waals surface area contributed by atoms with E-state index in [-0.39, 0.29) is 18.1 Å². The molecule has 1 atom stereocenters. The molecule has 2 aromatic rings. The molecule has 0 aromatic heterocycles. The number of aliphatic hydroxyl groups is 3. The number of hydrogen-bond acceptors (Lipinski definition) is 5. The zero-order valence-corrected chi connectivity index (χ0v) is 16.5. The molecule has 0 amide bonds. The lowest BCUT2D eigenvalue weighted by atomic mass is 9.89. The third-order valence-corrected chi connectivity index (χ3v) is 4.52. The SMILES string of the molecule is CC(CO)c1ccc(OC(=O)c2cc(C(C)(C)O)cc(C(C)(C)O)c2)cc1. The molecule has 0 aliphatic rings. The molecule has 0 radical (unpaired) electrons. The van der Waals surface area contributed by atoms with E-state index in [2.05, 4.69) is 0 Å². The van der Waals surface area contributed by atoms with Gasteiger partial charge in [-0.3, -0.25) is 0 Å². The number of esters is 1. The summed E-state index contributed by atoms with van der Waals surface area (Å²) in [6.07, 6.45) is 0. The van der Waals surface area contributed by atoms with Crippen LogP contribution in [0.3, 0.4) is 0 Å². The highest BCUT2D eigenvalue weighted by molar-refractivity contribution is 5.91.